The molecule has 11 heteroatoms. The van der Waals surface area contributed by atoms with Crippen molar-refractivity contribution >= 4 is 35.6 Å². The lowest BCUT2D eigenvalue weighted by Gasteiger charge is -2.14. The van der Waals surface area contributed by atoms with Crippen molar-refractivity contribution < 1.29 is 32.1 Å². The number of anilines is 1. The maximum Gasteiger partial charge on any atom is 0.573 e. The highest BCUT2D eigenvalue weighted by Crippen LogP contribution is 2.34. The molecule has 0 heterocycles. The lowest BCUT2D eigenvalue weighted by molar-refractivity contribution is -0.274. The van der Waals surface area contributed by atoms with Crippen molar-refractivity contribution in [3.8, 4) is 23.0 Å². The van der Waals surface area contributed by atoms with Crippen LogP contribution >= 0.6 is 24.0 Å². The molecule has 2 aromatic rings. The Morgan fingerprint density at radius 2 is 1.52 bits per heavy atom. The van der Waals surface area contributed by atoms with Gasteiger partial charge in [-0.2, -0.15) is 0 Å². The fourth-order valence-electron chi connectivity index (χ4n) is 2.33. The number of nitrogens with zero attached hydrogens (tertiary/aromatic N) is 1. The zero-order valence-electron chi connectivity index (χ0n) is 15.9. The van der Waals surface area contributed by atoms with E-state index in [1.54, 1.807) is 12.1 Å². The van der Waals surface area contributed by atoms with Crippen LogP contribution in [0.5, 0.6) is 23.0 Å². The quantitative estimate of drug-likeness (QED) is 0.320. The summed E-state index contributed by atoms with van der Waals surface area (Å²) in [6.45, 7) is 0.143. The van der Waals surface area contributed by atoms with Crippen LogP contribution in [-0.2, 0) is 6.54 Å². The van der Waals surface area contributed by atoms with Gasteiger partial charge in [-0.05, 0) is 24.3 Å². The van der Waals surface area contributed by atoms with E-state index in [9.17, 15) is 13.2 Å². The number of nitrogens with one attached hydrogen (secondary N) is 1. The number of nitrogens with two attached hydrogens (primary N) is 1. The lowest BCUT2D eigenvalue weighted by Crippen LogP contribution is -2.22. The first-order valence-corrected chi connectivity index (χ1v) is 7.97. The van der Waals surface area contributed by atoms with Crippen LogP contribution in [0.25, 0.3) is 0 Å². The third kappa shape index (κ3) is 7.40. The number of alkyl halides is 3. The molecule has 0 fully saturated rings. The van der Waals surface area contributed by atoms with E-state index in [0.717, 1.165) is 0 Å². The normalized spacial score (nSPS) is 11.3. The number of hydrogen-bond acceptors (Lipinski definition) is 5. The van der Waals surface area contributed by atoms with E-state index < -0.39 is 6.36 Å². The van der Waals surface area contributed by atoms with Gasteiger partial charge in [0.25, 0.3) is 0 Å². The largest absolute Gasteiger partial charge is 0.573 e. The Morgan fingerprint density at radius 1 is 0.966 bits per heavy atom. The minimum Gasteiger partial charge on any atom is -0.496 e. The number of hydrogen-bond donors (Lipinski definition) is 2. The Bertz CT molecular complexity index is 805. The average molecular weight is 527 g/mol. The van der Waals surface area contributed by atoms with Gasteiger partial charge in [0.15, 0.2) is 5.96 Å². The van der Waals surface area contributed by atoms with Crippen LogP contribution in [-0.4, -0.2) is 33.7 Å². The smallest absolute Gasteiger partial charge is 0.496 e. The molecule has 0 amide bonds. The van der Waals surface area contributed by atoms with Gasteiger partial charge in [0.05, 0.1) is 33.4 Å². The first-order valence-electron chi connectivity index (χ1n) is 7.97. The fraction of sp³-hybridized carbons (Fsp3) is 0.278. The summed E-state index contributed by atoms with van der Waals surface area (Å²) >= 11 is 0. The second-order valence-electron chi connectivity index (χ2n) is 5.41. The molecule has 0 saturated carbocycles. The maximum atomic E-state index is 12.2. The summed E-state index contributed by atoms with van der Waals surface area (Å²) in [5, 5.41) is 2.78. The molecule has 0 bridgehead atoms. The summed E-state index contributed by atoms with van der Waals surface area (Å²) in [5.41, 5.74) is 6.96. The number of aliphatic imine (C=N–C) groups is 1. The number of methoxy groups -OCH3 is 3. The van der Waals surface area contributed by atoms with E-state index in [1.165, 1.54) is 45.6 Å². The zero-order chi connectivity index (χ0) is 20.7. The molecule has 160 valence electrons. The number of guanidine groups is 1. The van der Waals surface area contributed by atoms with Crippen LogP contribution in [0.4, 0.5) is 18.9 Å². The van der Waals surface area contributed by atoms with Crippen molar-refractivity contribution in [3.63, 3.8) is 0 Å². The molecule has 0 atom stereocenters. The Balaban J connectivity index is 0.00000420. The standard InChI is InChI=1S/C18H20F3N3O4.HI/c1-25-13-8-15(26-2)14(16(9-13)27-3)10-23-17(22)24-11-4-6-12(7-5-11)28-18(19,20)21;/h4-9H,10H2,1-3H3,(H3,22,23,24);1H. The van der Waals surface area contributed by atoms with Crippen molar-refractivity contribution in [1.29, 1.82) is 0 Å². The summed E-state index contributed by atoms with van der Waals surface area (Å²) in [4.78, 5) is 4.22. The van der Waals surface area contributed by atoms with Gasteiger partial charge >= 0.3 is 6.36 Å². The highest BCUT2D eigenvalue weighted by atomic mass is 127. The molecule has 0 spiro atoms. The molecule has 0 aliphatic rings. The fourth-order valence-corrected chi connectivity index (χ4v) is 2.33. The summed E-state index contributed by atoms with van der Waals surface area (Å²) in [5.74, 6) is 1.32. The molecular formula is C18H21F3IN3O4. The Hall–Kier alpha value is -2.57. The van der Waals surface area contributed by atoms with Gasteiger partial charge in [0, 0.05) is 17.8 Å². The molecule has 2 aromatic carbocycles. The highest BCUT2D eigenvalue weighted by molar-refractivity contribution is 14.0. The Labute approximate surface area is 183 Å². The molecule has 3 N–H and O–H groups in total. The van der Waals surface area contributed by atoms with Gasteiger partial charge in [-0.3, -0.25) is 0 Å². The Morgan fingerprint density at radius 3 is 1.97 bits per heavy atom. The summed E-state index contributed by atoms with van der Waals surface area (Å²) in [6, 6.07) is 8.49. The van der Waals surface area contributed by atoms with E-state index in [1.807, 2.05) is 0 Å². The molecule has 2 rings (SSSR count). The van der Waals surface area contributed by atoms with E-state index in [2.05, 4.69) is 15.0 Å². The van der Waals surface area contributed by atoms with Crippen molar-refractivity contribution in [1.82, 2.24) is 0 Å². The first kappa shape index (κ1) is 24.5. The lowest BCUT2D eigenvalue weighted by atomic mass is 10.1. The van der Waals surface area contributed by atoms with Crippen LogP contribution in [0, 0.1) is 0 Å². The molecule has 7 nitrogen and oxygen atoms in total. The zero-order valence-corrected chi connectivity index (χ0v) is 18.2. The third-order valence-corrected chi connectivity index (χ3v) is 3.58. The topological polar surface area (TPSA) is 87.3 Å². The SMILES string of the molecule is COc1cc(OC)c(CN=C(N)Nc2ccc(OC(F)(F)F)cc2)c(OC)c1.I. The number of ether oxygens (including phenoxy) is 4. The van der Waals surface area contributed by atoms with Gasteiger partial charge in [-0.1, -0.05) is 0 Å². The molecule has 0 radical (unpaired) electrons. The predicted molar refractivity (Wildman–Crippen MR) is 114 cm³/mol. The molecule has 0 aliphatic heterocycles. The minimum atomic E-state index is -4.74. The average Bonchev–Trinajstić information content (AvgIpc) is 2.66. The maximum absolute atomic E-state index is 12.2. The van der Waals surface area contributed by atoms with Crippen molar-refractivity contribution in [3.05, 3.63) is 42.0 Å². The molecule has 0 aromatic heterocycles. The minimum absolute atomic E-state index is 0. The second-order valence-corrected chi connectivity index (χ2v) is 5.41. The van der Waals surface area contributed by atoms with Crippen LogP contribution in [0.15, 0.2) is 41.4 Å². The number of rotatable bonds is 7. The van der Waals surface area contributed by atoms with Crippen molar-refractivity contribution in [2.24, 2.45) is 10.7 Å². The van der Waals surface area contributed by atoms with Crippen LogP contribution < -0.4 is 30.0 Å². The van der Waals surface area contributed by atoms with Gasteiger partial charge in [-0.25, -0.2) is 4.99 Å². The van der Waals surface area contributed by atoms with Gasteiger partial charge in [-0.15, -0.1) is 37.1 Å². The van der Waals surface area contributed by atoms with Crippen LogP contribution in [0.1, 0.15) is 5.56 Å². The summed E-state index contributed by atoms with van der Waals surface area (Å²) in [6.07, 6.45) is -4.74. The van der Waals surface area contributed by atoms with E-state index >= 15 is 0 Å². The number of benzene rings is 2. The van der Waals surface area contributed by atoms with Gasteiger partial charge < -0.3 is 30.0 Å². The molecule has 0 aliphatic carbocycles. The van der Waals surface area contributed by atoms with Crippen LogP contribution in [0.3, 0.4) is 0 Å². The molecule has 0 saturated heterocycles. The summed E-state index contributed by atoms with van der Waals surface area (Å²) < 4.78 is 56.2. The summed E-state index contributed by atoms with van der Waals surface area (Å²) in [7, 11) is 4.54. The Kier molecular flexibility index (Phi) is 9.14. The monoisotopic (exact) mass is 527 g/mol. The van der Waals surface area contributed by atoms with E-state index in [4.69, 9.17) is 19.9 Å². The van der Waals surface area contributed by atoms with Gasteiger partial charge in [0.1, 0.15) is 23.0 Å². The van der Waals surface area contributed by atoms with E-state index in [0.29, 0.717) is 28.5 Å². The van der Waals surface area contributed by atoms with Crippen molar-refractivity contribution in [2.75, 3.05) is 26.6 Å². The second kappa shape index (κ2) is 10.8. The van der Waals surface area contributed by atoms with E-state index in [-0.39, 0.29) is 42.2 Å². The number of halogens is 4. The highest BCUT2D eigenvalue weighted by Gasteiger charge is 2.30. The molecule has 29 heavy (non-hydrogen) atoms. The first-order chi connectivity index (χ1) is 13.3. The molecule has 0 unspecified atom stereocenters. The van der Waals surface area contributed by atoms with Gasteiger partial charge in [0.2, 0.25) is 0 Å². The van der Waals surface area contributed by atoms with Crippen LogP contribution in [0.2, 0.25) is 0 Å². The third-order valence-electron chi connectivity index (χ3n) is 3.58. The predicted octanol–water partition coefficient (Wildman–Crippen LogP) is 4.16. The molecular weight excluding hydrogens is 506 g/mol. The van der Waals surface area contributed by atoms with Crippen molar-refractivity contribution in [2.45, 2.75) is 12.9 Å².